The molecule has 2 rings (SSSR count). The van der Waals surface area contributed by atoms with Gasteiger partial charge < -0.3 is 4.74 Å². The van der Waals surface area contributed by atoms with Crippen molar-refractivity contribution in [1.82, 2.24) is 20.4 Å². The summed E-state index contributed by atoms with van der Waals surface area (Å²) in [5, 5.41) is 8.23. The Bertz CT molecular complexity index is 561. The van der Waals surface area contributed by atoms with E-state index in [4.69, 9.17) is 10.6 Å². The summed E-state index contributed by atoms with van der Waals surface area (Å²) in [5.74, 6) is 5.34. The number of ether oxygens (including phenoxy) is 1. The summed E-state index contributed by atoms with van der Waals surface area (Å²) in [7, 11) is 1.59. The Morgan fingerprint density at radius 3 is 2.56 bits per heavy atom. The van der Waals surface area contributed by atoms with E-state index < -0.39 is 5.91 Å². The number of amides is 1. The highest BCUT2D eigenvalue weighted by atomic mass is 16.5. The highest BCUT2D eigenvalue weighted by molar-refractivity contribution is 5.92. The normalized spacial score (nSPS) is 10.2. The van der Waals surface area contributed by atoms with Crippen LogP contribution in [-0.4, -0.2) is 28.0 Å². The largest absolute Gasteiger partial charge is 0.497 e. The maximum atomic E-state index is 11.4. The molecule has 0 fully saturated rings. The molecule has 0 aliphatic rings. The van der Waals surface area contributed by atoms with E-state index in [1.54, 1.807) is 38.3 Å². The number of hydrogen-bond donors (Lipinski definition) is 2. The molecule has 18 heavy (non-hydrogen) atoms. The summed E-state index contributed by atoms with van der Waals surface area (Å²) >= 11 is 0. The molecule has 1 heterocycles. The van der Waals surface area contributed by atoms with Crippen LogP contribution in [0.4, 0.5) is 0 Å². The molecule has 0 spiro atoms. The average Bonchev–Trinajstić information content (AvgIpc) is 2.80. The van der Waals surface area contributed by atoms with Gasteiger partial charge in [0.1, 0.15) is 5.75 Å². The van der Waals surface area contributed by atoms with E-state index in [1.165, 1.54) is 4.80 Å². The van der Waals surface area contributed by atoms with Gasteiger partial charge in [-0.15, -0.1) is 5.10 Å². The van der Waals surface area contributed by atoms with Gasteiger partial charge in [-0.25, -0.2) is 5.84 Å². The van der Waals surface area contributed by atoms with Gasteiger partial charge in [-0.2, -0.15) is 9.90 Å². The molecule has 0 unspecified atom stereocenters. The first-order valence-corrected chi connectivity index (χ1v) is 5.25. The van der Waals surface area contributed by atoms with Crippen LogP contribution in [0.25, 0.3) is 5.69 Å². The van der Waals surface area contributed by atoms with Gasteiger partial charge in [0, 0.05) is 0 Å². The van der Waals surface area contributed by atoms with Gasteiger partial charge >= 0.3 is 0 Å². The summed E-state index contributed by atoms with van der Waals surface area (Å²) in [6, 6.07) is 7.16. The van der Waals surface area contributed by atoms with Gasteiger partial charge in [0.25, 0.3) is 5.91 Å². The topological polar surface area (TPSA) is 95.1 Å². The van der Waals surface area contributed by atoms with Crippen molar-refractivity contribution in [3.8, 4) is 11.4 Å². The van der Waals surface area contributed by atoms with Gasteiger partial charge in [-0.3, -0.25) is 10.2 Å². The second-order valence-corrected chi connectivity index (χ2v) is 3.59. The van der Waals surface area contributed by atoms with Crippen LogP contribution < -0.4 is 16.0 Å². The molecule has 7 heteroatoms. The van der Waals surface area contributed by atoms with E-state index in [1.807, 2.05) is 5.43 Å². The number of nitrogen functional groups attached to an aromatic ring is 1. The minimum absolute atomic E-state index is 0.202. The SMILES string of the molecule is COc1ccc(-n2nc(C)c(C(=O)NN)n2)cc1. The fourth-order valence-corrected chi connectivity index (χ4v) is 1.49. The minimum atomic E-state index is -0.465. The lowest BCUT2D eigenvalue weighted by atomic mass is 10.3. The number of hydrogen-bond acceptors (Lipinski definition) is 5. The van der Waals surface area contributed by atoms with Crippen LogP contribution in [0.1, 0.15) is 16.2 Å². The van der Waals surface area contributed by atoms with E-state index in [0.717, 1.165) is 11.4 Å². The summed E-state index contributed by atoms with van der Waals surface area (Å²) in [4.78, 5) is 12.8. The van der Waals surface area contributed by atoms with Crippen LogP contribution in [0.2, 0.25) is 0 Å². The monoisotopic (exact) mass is 247 g/mol. The zero-order valence-electron chi connectivity index (χ0n) is 10.0. The summed E-state index contributed by atoms with van der Waals surface area (Å²) < 4.78 is 5.06. The fraction of sp³-hybridized carbons (Fsp3) is 0.182. The molecule has 94 valence electrons. The fourth-order valence-electron chi connectivity index (χ4n) is 1.49. The van der Waals surface area contributed by atoms with Crippen molar-refractivity contribution in [3.63, 3.8) is 0 Å². The Balaban J connectivity index is 2.36. The molecule has 0 aliphatic heterocycles. The Kier molecular flexibility index (Phi) is 3.24. The number of carbonyl (C=O) groups excluding carboxylic acids is 1. The molecule has 0 bridgehead atoms. The smallest absolute Gasteiger partial charge is 0.287 e. The number of aromatic nitrogens is 3. The molecule has 0 radical (unpaired) electrons. The van der Waals surface area contributed by atoms with Crippen molar-refractivity contribution in [1.29, 1.82) is 0 Å². The number of nitrogens with one attached hydrogen (secondary N) is 1. The zero-order chi connectivity index (χ0) is 13.1. The average molecular weight is 247 g/mol. The second kappa shape index (κ2) is 4.84. The van der Waals surface area contributed by atoms with Crippen molar-refractivity contribution in [2.24, 2.45) is 5.84 Å². The lowest BCUT2D eigenvalue weighted by Gasteiger charge is -2.01. The van der Waals surface area contributed by atoms with E-state index in [0.29, 0.717) is 5.69 Å². The summed E-state index contributed by atoms with van der Waals surface area (Å²) in [6.07, 6.45) is 0. The number of methoxy groups -OCH3 is 1. The Labute approximate surface area is 104 Å². The first-order chi connectivity index (χ1) is 8.65. The van der Waals surface area contributed by atoms with Crippen LogP contribution in [0.3, 0.4) is 0 Å². The first kappa shape index (κ1) is 12.1. The lowest BCUT2D eigenvalue weighted by molar-refractivity contribution is 0.0947. The molecular weight excluding hydrogens is 234 g/mol. The molecule has 1 aromatic heterocycles. The molecule has 0 saturated heterocycles. The third-order valence-corrected chi connectivity index (χ3v) is 2.43. The second-order valence-electron chi connectivity index (χ2n) is 3.59. The Morgan fingerprint density at radius 1 is 1.33 bits per heavy atom. The van der Waals surface area contributed by atoms with Gasteiger partial charge in [0.2, 0.25) is 0 Å². The minimum Gasteiger partial charge on any atom is -0.497 e. The highest BCUT2D eigenvalue weighted by Gasteiger charge is 2.14. The predicted octanol–water partition coefficient (Wildman–Crippen LogP) is 0.188. The molecule has 0 aliphatic carbocycles. The molecule has 2 aromatic rings. The number of nitrogens with zero attached hydrogens (tertiary/aromatic N) is 3. The van der Waals surface area contributed by atoms with Crippen molar-refractivity contribution >= 4 is 5.91 Å². The van der Waals surface area contributed by atoms with Gasteiger partial charge in [0.15, 0.2) is 5.69 Å². The third kappa shape index (κ3) is 2.16. The highest BCUT2D eigenvalue weighted by Crippen LogP contribution is 2.14. The number of nitrogens with two attached hydrogens (primary N) is 1. The van der Waals surface area contributed by atoms with E-state index in [9.17, 15) is 4.79 Å². The van der Waals surface area contributed by atoms with Crippen molar-refractivity contribution in [2.75, 3.05) is 7.11 Å². The summed E-state index contributed by atoms with van der Waals surface area (Å²) in [6.45, 7) is 1.69. The van der Waals surface area contributed by atoms with Crippen molar-refractivity contribution in [3.05, 3.63) is 35.7 Å². The summed E-state index contributed by atoms with van der Waals surface area (Å²) in [5.41, 5.74) is 3.47. The van der Waals surface area contributed by atoms with Crippen LogP contribution in [0, 0.1) is 6.92 Å². The number of aryl methyl sites for hydroxylation is 1. The molecule has 0 saturated carbocycles. The van der Waals surface area contributed by atoms with Crippen molar-refractivity contribution < 1.29 is 9.53 Å². The Morgan fingerprint density at radius 2 is 2.00 bits per heavy atom. The molecule has 0 atom stereocenters. The van der Waals surface area contributed by atoms with Crippen LogP contribution >= 0.6 is 0 Å². The molecule has 3 N–H and O–H groups in total. The first-order valence-electron chi connectivity index (χ1n) is 5.25. The molecule has 1 aromatic carbocycles. The molecule has 7 nitrogen and oxygen atoms in total. The quantitative estimate of drug-likeness (QED) is 0.458. The van der Waals surface area contributed by atoms with Crippen molar-refractivity contribution in [2.45, 2.75) is 6.92 Å². The Hall–Kier alpha value is -2.41. The molecule has 1 amide bonds. The maximum Gasteiger partial charge on any atom is 0.287 e. The van der Waals surface area contributed by atoms with E-state index in [-0.39, 0.29) is 5.69 Å². The van der Waals surface area contributed by atoms with Crippen LogP contribution in [0.15, 0.2) is 24.3 Å². The van der Waals surface area contributed by atoms with Gasteiger partial charge in [-0.1, -0.05) is 0 Å². The van der Waals surface area contributed by atoms with Crippen LogP contribution in [0.5, 0.6) is 5.75 Å². The number of carbonyl (C=O) groups is 1. The molecular formula is C11H13N5O2. The number of hydrazine groups is 1. The van der Waals surface area contributed by atoms with E-state index in [2.05, 4.69) is 10.2 Å². The van der Waals surface area contributed by atoms with Gasteiger partial charge in [0.05, 0.1) is 18.5 Å². The van der Waals surface area contributed by atoms with Crippen LogP contribution in [-0.2, 0) is 0 Å². The van der Waals surface area contributed by atoms with E-state index >= 15 is 0 Å². The van der Waals surface area contributed by atoms with Gasteiger partial charge in [-0.05, 0) is 31.2 Å². The maximum absolute atomic E-state index is 11.4. The number of benzene rings is 1. The third-order valence-electron chi connectivity index (χ3n) is 2.43. The number of rotatable bonds is 3. The zero-order valence-corrected chi connectivity index (χ0v) is 10.0. The standard InChI is InChI=1S/C11H13N5O2/c1-7-10(11(17)13-12)15-16(14-7)8-3-5-9(18-2)6-4-8/h3-6H,12H2,1-2H3,(H,13,17). The lowest BCUT2D eigenvalue weighted by Crippen LogP contribution is -2.30. The predicted molar refractivity (Wildman–Crippen MR) is 64.3 cm³/mol.